The molecule has 0 bridgehead atoms. The largest absolute Gasteiger partial charge is 0.419 e. The molecule has 0 aliphatic carbocycles. The van der Waals surface area contributed by atoms with Gasteiger partial charge in [0.25, 0.3) is 5.91 Å². The molecule has 5 nitrogen and oxygen atoms in total. The van der Waals surface area contributed by atoms with Crippen molar-refractivity contribution in [2.75, 3.05) is 0 Å². The first-order valence-corrected chi connectivity index (χ1v) is 7.00. The van der Waals surface area contributed by atoms with E-state index in [0.717, 1.165) is 0 Å². The molecule has 0 aliphatic heterocycles. The fourth-order valence-electron chi connectivity index (χ4n) is 1.82. The maximum Gasteiger partial charge on any atom is 0.282 e. The average Bonchev–Trinajstić information content (AvgIpc) is 2.93. The van der Waals surface area contributed by atoms with E-state index in [2.05, 4.69) is 16.8 Å². The summed E-state index contributed by atoms with van der Waals surface area (Å²) >= 11 is 5.82. The first-order chi connectivity index (χ1) is 10.4. The summed E-state index contributed by atoms with van der Waals surface area (Å²) in [6.45, 7) is 6.56. The molecule has 0 unspecified atom stereocenters. The van der Waals surface area contributed by atoms with Crippen LogP contribution in [0.1, 0.15) is 19.7 Å². The lowest BCUT2D eigenvalue weighted by atomic mass is 10.2. The van der Waals surface area contributed by atoms with Gasteiger partial charge in [0.2, 0.25) is 11.8 Å². The average molecular weight is 324 g/mol. The molecule has 0 atom stereocenters. The molecule has 1 aromatic heterocycles. The van der Waals surface area contributed by atoms with Crippen LogP contribution in [0.4, 0.5) is 4.39 Å². The lowest BCUT2D eigenvalue weighted by Crippen LogP contribution is -2.36. The zero-order valence-electron chi connectivity index (χ0n) is 12.2. The van der Waals surface area contributed by atoms with Gasteiger partial charge in [-0.25, -0.2) is 4.39 Å². The standard InChI is InChI=1S/C15H15ClFN3O2/c1-9(2)20(15(21)10(3)17)8-13-18-19-14(22-13)11-4-6-12(16)7-5-11/h4-7,9H,3,8H2,1-2H3. The second-order valence-corrected chi connectivity index (χ2v) is 5.38. The zero-order valence-corrected chi connectivity index (χ0v) is 13.0. The van der Waals surface area contributed by atoms with Gasteiger partial charge in [0.05, 0.1) is 6.54 Å². The van der Waals surface area contributed by atoms with Crippen molar-refractivity contribution in [3.8, 4) is 11.5 Å². The summed E-state index contributed by atoms with van der Waals surface area (Å²) in [5, 5.41) is 8.40. The van der Waals surface area contributed by atoms with Crippen LogP contribution in [0.25, 0.3) is 11.5 Å². The summed E-state index contributed by atoms with van der Waals surface area (Å²) in [6, 6.07) is 6.67. The Bertz CT molecular complexity index is 682. The maximum absolute atomic E-state index is 13.1. The molecule has 0 spiro atoms. The molecule has 0 aliphatic rings. The minimum Gasteiger partial charge on any atom is -0.419 e. The summed E-state index contributed by atoms with van der Waals surface area (Å²) in [6.07, 6.45) is 0. The van der Waals surface area contributed by atoms with Gasteiger partial charge in [-0.1, -0.05) is 18.2 Å². The normalized spacial score (nSPS) is 10.8. The van der Waals surface area contributed by atoms with Gasteiger partial charge < -0.3 is 9.32 Å². The molecule has 1 aromatic carbocycles. The number of carbonyl (C=O) groups excluding carboxylic acids is 1. The number of amides is 1. The number of nitrogens with zero attached hydrogens (tertiary/aromatic N) is 3. The van der Waals surface area contributed by atoms with Gasteiger partial charge in [0.1, 0.15) is 0 Å². The van der Waals surface area contributed by atoms with Crippen LogP contribution < -0.4 is 0 Å². The zero-order chi connectivity index (χ0) is 16.3. The Morgan fingerprint density at radius 2 is 2.00 bits per heavy atom. The van der Waals surface area contributed by atoms with Crippen LogP contribution in [0.5, 0.6) is 0 Å². The monoisotopic (exact) mass is 323 g/mol. The van der Waals surface area contributed by atoms with Crippen molar-refractivity contribution in [1.29, 1.82) is 0 Å². The lowest BCUT2D eigenvalue weighted by Gasteiger charge is -2.23. The third-order valence-electron chi connectivity index (χ3n) is 2.98. The predicted octanol–water partition coefficient (Wildman–Crippen LogP) is 3.61. The Morgan fingerprint density at radius 1 is 1.36 bits per heavy atom. The Balaban J connectivity index is 2.18. The third kappa shape index (κ3) is 3.71. The SMILES string of the molecule is C=C(F)C(=O)N(Cc1nnc(-c2ccc(Cl)cc2)o1)C(C)C. The first-order valence-electron chi connectivity index (χ1n) is 6.62. The molecule has 1 heterocycles. The number of halogens is 2. The maximum atomic E-state index is 13.1. The molecule has 7 heteroatoms. The highest BCUT2D eigenvalue weighted by atomic mass is 35.5. The minimum absolute atomic E-state index is 0.0139. The number of benzene rings is 1. The quantitative estimate of drug-likeness (QED) is 0.789. The van der Waals surface area contributed by atoms with Crippen molar-refractivity contribution in [2.24, 2.45) is 0 Å². The van der Waals surface area contributed by atoms with Crippen LogP contribution in [0.3, 0.4) is 0 Å². The Morgan fingerprint density at radius 3 is 2.55 bits per heavy atom. The van der Waals surface area contributed by atoms with E-state index in [1.54, 1.807) is 38.1 Å². The van der Waals surface area contributed by atoms with E-state index < -0.39 is 11.7 Å². The fraction of sp³-hybridized carbons (Fsp3) is 0.267. The molecule has 22 heavy (non-hydrogen) atoms. The third-order valence-corrected chi connectivity index (χ3v) is 3.23. The van der Waals surface area contributed by atoms with Gasteiger partial charge in [-0.15, -0.1) is 10.2 Å². The van der Waals surface area contributed by atoms with Crippen molar-refractivity contribution < 1.29 is 13.6 Å². The van der Waals surface area contributed by atoms with Crippen LogP contribution in [0, 0.1) is 0 Å². The van der Waals surface area contributed by atoms with E-state index in [9.17, 15) is 9.18 Å². The Labute approximate surface area is 132 Å². The summed E-state index contributed by atoms with van der Waals surface area (Å²) in [4.78, 5) is 13.0. The van der Waals surface area contributed by atoms with Crippen molar-refractivity contribution in [3.05, 3.63) is 47.6 Å². The van der Waals surface area contributed by atoms with E-state index in [1.165, 1.54) is 4.90 Å². The van der Waals surface area contributed by atoms with Gasteiger partial charge in [0.15, 0.2) is 5.83 Å². The van der Waals surface area contributed by atoms with Crippen molar-refractivity contribution in [1.82, 2.24) is 15.1 Å². The van der Waals surface area contributed by atoms with Crippen LogP contribution in [0.15, 0.2) is 41.1 Å². The highest BCUT2D eigenvalue weighted by Crippen LogP contribution is 2.21. The smallest absolute Gasteiger partial charge is 0.282 e. The molecule has 0 saturated carbocycles. The van der Waals surface area contributed by atoms with Crippen molar-refractivity contribution in [3.63, 3.8) is 0 Å². The van der Waals surface area contributed by atoms with Gasteiger partial charge >= 0.3 is 0 Å². The number of carbonyl (C=O) groups is 1. The number of hydrogen-bond acceptors (Lipinski definition) is 4. The van der Waals surface area contributed by atoms with Crippen LogP contribution >= 0.6 is 11.6 Å². The van der Waals surface area contributed by atoms with Crippen LogP contribution in [-0.4, -0.2) is 27.0 Å². The minimum atomic E-state index is -1.02. The van der Waals surface area contributed by atoms with E-state index in [0.29, 0.717) is 16.5 Å². The molecule has 0 fully saturated rings. The van der Waals surface area contributed by atoms with E-state index in [4.69, 9.17) is 16.0 Å². The van der Waals surface area contributed by atoms with E-state index in [-0.39, 0.29) is 18.5 Å². The molecular weight excluding hydrogens is 309 g/mol. The molecule has 116 valence electrons. The summed E-state index contributed by atoms with van der Waals surface area (Å²) < 4.78 is 18.6. The summed E-state index contributed by atoms with van der Waals surface area (Å²) in [5.41, 5.74) is 0.709. The number of hydrogen-bond donors (Lipinski definition) is 0. The molecule has 0 saturated heterocycles. The first kappa shape index (κ1) is 16.2. The highest BCUT2D eigenvalue weighted by Gasteiger charge is 2.22. The molecule has 0 radical (unpaired) electrons. The van der Waals surface area contributed by atoms with Crippen LogP contribution in [0.2, 0.25) is 5.02 Å². The molecule has 1 amide bonds. The van der Waals surface area contributed by atoms with Gasteiger partial charge in [-0.05, 0) is 38.1 Å². The van der Waals surface area contributed by atoms with Crippen LogP contribution in [-0.2, 0) is 11.3 Å². The second-order valence-electron chi connectivity index (χ2n) is 4.94. The van der Waals surface area contributed by atoms with E-state index >= 15 is 0 Å². The Kier molecular flexibility index (Phi) is 4.92. The molecule has 0 N–H and O–H groups in total. The van der Waals surface area contributed by atoms with Crippen molar-refractivity contribution in [2.45, 2.75) is 26.4 Å². The van der Waals surface area contributed by atoms with Gasteiger partial charge in [0, 0.05) is 16.6 Å². The Hall–Kier alpha value is -2.21. The summed E-state index contributed by atoms with van der Waals surface area (Å²) in [5.74, 6) is -1.29. The fourth-order valence-corrected chi connectivity index (χ4v) is 1.94. The summed E-state index contributed by atoms with van der Waals surface area (Å²) in [7, 11) is 0. The highest BCUT2D eigenvalue weighted by molar-refractivity contribution is 6.30. The topological polar surface area (TPSA) is 59.2 Å². The van der Waals surface area contributed by atoms with E-state index in [1.807, 2.05) is 0 Å². The molecule has 2 rings (SSSR count). The molecule has 2 aromatic rings. The van der Waals surface area contributed by atoms with Gasteiger partial charge in [-0.2, -0.15) is 0 Å². The number of aromatic nitrogens is 2. The number of rotatable bonds is 5. The lowest BCUT2D eigenvalue weighted by molar-refractivity contribution is -0.131. The second kappa shape index (κ2) is 6.70. The van der Waals surface area contributed by atoms with Crippen molar-refractivity contribution >= 4 is 17.5 Å². The predicted molar refractivity (Wildman–Crippen MR) is 80.7 cm³/mol. The van der Waals surface area contributed by atoms with Gasteiger partial charge in [-0.3, -0.25) is 4.79 Å². The molecular formula is C15H15ClFN3O2.